The standard InChI is InChI=1S/C8H9N5/c1-12-4-2-3-8(12)5-10-13-7-9-6-11-13/h2-7H,1H3/b10-5+. The number of aryl methyl sites for hydroxylation is 1. The van der Waals surface area contributed by atoms with E-state index in [0.29, 0.717) is 0 Å². The molecule has 0 aromatic carbocycles. The summed E-state index contributed by atoms with van der Waals surface area (Å²) in [6, 6.07) is 3.93. The SMILES string of the molecule is Cn1cccc1/C=N/n1cncn1. The van der Waals surface area contributed by atoms with Gasteiger partial charge in [0.05, 0.1) is 11.9 Å². The molecule has 0 spiro atoms. The van der Waals surface area contributed by atoms with Gasteiger partial charge in [-0.05, 0) is 12.1 Å². The zero-order chi connectivity index (χ0) is 9.10. The van der Waals surface area contributed by atoms with Gasteiger partial charge in [0.2, 0.25) is 0 Å². The fourth-order valence-corrected chi connectivity index (χ4v) is 0.988. The molecule has 0 aliphatic carbocycles. The molecular formula is C8H9N5. The van der Waals surface area contributed by atoms with Crippen LogP contribution in [0.2, 0.25) is 0 Å². The van der Waals surface area contributed by atoms with Crippen LogP contribution in [0.4, 0.5) is 0 Å². The van der Waals surface area contributed by atoms with Gasteiger partial charge in [-0.25, -0.2) is 4.98 Å². The molecule has 0 saturated heterocycles. The highest BCUT2D eigenvalue weighted by Crippen LogP contribution is 1.95. The average Bonchev–Trinajstić information content (AvgIpc) is 2.72. The molecular weight excluding hydrogens is 166 g/mol. The molecule has 5 nitrogen and oxygen atoms in total. The van der Waals surface area contributed by atoms with Crippen molar-refractivity contribution in [3.8, 4) is 0 Å². The molecule has 0 fully saturated rings. The quantitative estimate of drug-likeness (QED) is 0.624. The summed E-state index contributed by atoms with van der Waals surface area (Å²) in [5.74, 6) is 0. The first-order valence-electron chi connectivity index (χ1n) is 3.86. The zero-order valence-electron chi connectivity index (χ0n) is 7.20. The predicted octanol–water partition coefficient (Wildman–Crippen LogP) is 0.499. The lowest BCUT2D eigenvalue weighted by Gasteiger charge is -1.93. The summed E-state index contributed by atoms with van der Waals surface area (Å²) in [4.78, 5) is 5.19. The highest BCUT2D eigenvalue weighted by molar-refractivity contribution is 5.77. The summed E-state index contributed by atoms with van der Waals surface area (Å²) in [7, 11) is 1.96. The minimum atomic E-state index is 1.02. The van der Waals surface area contributed by atoms with Gasteiger partial charge < -0.3 is 4.57 Å². The molecule has 2 rings (SSSR count). The van der Waals surface area contributed by atoms with Crippen molar-refractivity contribution in [2.24, 2.45) is 12.1 Å². The topological polar surface area (TPSA) is 48.0 Å². The molecule has 0 saturated carbocycles. The van der Waals surface area contributed by atoms with Gasteiger partial charge in [-0.1, -0.05) is 0 Å². The predicted molar refractivity (Wildman–Crippen MR) is 48.4 cm³/mol. The highest BCUT2D eigenvalue weighted by atomic mass is 15.5. The minimum Gasteiger partial charge on any atom is -0.350 e. The van der Waals surface area contributed by atoms with E-state index in [1.54, 1.807) is 12.5 Å². The van der Waals surface area contributed by atoms with Crippen LogP contribution in [0.3, 0.4) is 0 Å². The minimum absolute atomic E-state index is 1.02. The van der Waals surface area contributed by atoms with E-state index in [1.165, 1.54) is 11.1 Å². The Labute approximate surface area is 75.3 Å². The summed E-state index contributed by atoms with van der Waals surface area (Å²) >= 11 is 0. The first kappa shape index (κ1) is 7.72. The van der Waals surface area contributed by atoms with Crippen molar-refractivity contribution < 1.29 is 0 Å². The molecule has 0 aliphatic rings. The Morgan fingerprint density at radius 2 is 2.46 bits per heavy atom. The Morgan fingerprint density at radius 3 is 3.08 bits per heavy atom. The van der Waals surface area contributed by atoms with Gasteiger partial charge in [0.25, 0.3) is 0 Å². The third-order valence-corrected chi connectivity index (χ3v) is 1.70. The maximum atomic E-state index is 4.07. The van der Waals surface area contributed by atoms with E-state index in [0.717, 1.165) is 5.69 Å². The van der Waals surface area contributed by atoms with Crippen molar-refractivity contribution in [2.75, 3.05) is 0 Å². The second-order valence-corrected chi connectivity index (χ2v) is 2.60. The van der Waals surface area contributed by atoms with E-state index in [2.05, 4.69) is 15.2 Å². The van der Waals surface area contributed by atoms with Gasteiger partial charge in [0, 0.05) is 13.2 Å². The molecule has 2 aromatic rings. The van der Waals surface area contributed by atoms with Gasteiger partial charge in [0.1, 0.15) is 12.7 Å². The van der Waals surface area contributed by atoms with E-state index in [1.807, 2.05) is 29.9 Å². The van der Waals surface area contributed by atoms with E-state index >= 15 is 0 Å². The van der Waals surface area contributed by atoms with E-state index in [4.69, 9.17) is 0 Å². The van der Waals surface area contributed by atoms with Crippen LogP contribution < -0.4 is 0 Å². The Hall–Kier alpha value is -1.91. The third kappa shape index (κ3) is 1.64. The zero-order valence-corrected chi connectivity index (χ0v) is 7.20. The Morgan fingerprint density at radius 1 is 1.54 bits per heavy atom. The van der Waals surface area contributed by atoms with Crippen LogP contribution in [0, 0.1) is 0 Å². The van der Waals surface area contributed by atoms with Crippen LogP contribution in [0.15, 0.2) is 36.1 Å². The maximum Gasteiger partial charge on any atom is 0.139 e. The van der Waals surface area contributed by atoms with Gasteiger partial charge in [-0.3, -0.25) is 0 Å². The average molecular weight is 175 g/mol. The fourth-order valence-electron chi connectivity index (χ4n) is 0.988. The normalized spacial score (nSPS) is 11.2. The van der Waals surface area contributed by atoms with Crippen LogP contribution in [0.25, 0.3) is 0 Å². The molecule has 5 heteroatoms. The smallest absolute Gasteiger partial charge is 0.139 e. The van der Waals surface area contributed by atoms with Crippen molar-refractivity contribution in [1.29, 1.82) is 0 Å². The molecule has 0 unspecified atom stereocenters. The van der Waals surface area contributed by atoms with Crippen molar-refractivity contribution in [3.05, 3.63) is 36.7 Å². The van der Waals surface area contributed by atoms with E-state index in [-0.39, 0.29) is 0 Å². The number of hydrogen-bond donors (Lipinski definition) is 0. The van der Waals surface area contributed by atoms with Gasteiger partial charge in [0.15, 0.2) is 0 Å². The van der Waals surface area contributed by atoms with Gasteiger partial charge >= 0.3 is 0 Å². The van der Waals surface area contributed by atoms with Crippen molar-refractivity contribution in [2.45, 2.75) is 0 Å². The first-order valence-corrected chi connectivity index (χ1v) is 3.86. The molecule has 0 aliphatic heterocycles. The molecule has 66 valence electrons. The maximum absolute atomic E-state index is 4.07. The summed E-state index contributed by atoms with van der Waals surface area (Å²) in [6.07, 6.45) is 6.68. The number of rotatable bonds is 2. The van der Waals surface area contributed by atoms with Crippen LogP contribution >= 0.6 is 0 Å². The molecule has 0 N–H and O–H groups in total. The van der Waals surface area contributed by atoms with Crippen LogP contribution in [-0.2, 0) is 7.05 Å². The Kier molecular flexibility index (Phi) is 1.91. The van der Waals surface area contributed by atoms with Gasteiger partial charge in [-0.15, -0.1) is 9.89 Å². The molecule has 13 heavy (non-hydrogen) atoms. The fraction of sp³-hybridized carbons (Fsp3) is 0.125. The lowest BCUT2D eigenvalue weighted by atomic mass is 10.5. The molecule has 0 amide bonds. The first-order chi connectivity index (χ1) is 6.36. The summed E-state index contributed by atoms with van der Waals surface area (Å²) in [6.45, 7) is 0. The van der Waals surface area contributed by atoms with Crippen LogP contribution in [0.5, 0.6) is 0 Å². The lowest BCUT2D eigenvalue weighted by Crippen LogP contribution is -1.95. The second-order valence-electron chi connectivity index (χ2n) is 2.60. The molecule has 0 bridgehead atoms. The van der Waals surface area contributed by atoms with Crippen LogP contribution in [0.1, 0.15) is 5.69 Å². The number of nitrogens with zero attached hydrogens (tertiary/aromatic N) is 5. The monoisotopic (exact) mass is 175 g/mol. The van der Waals surface area contributed by atoms with Crippen LogP contribution in [-0.4, -0.2) is 25.7 Å². The van der Waals surface area contributed by atoms with E-state index in [9.17, 15) is 0 Å². The molecule has 2 aromatic heterocycles. The second kappa shape index (κ2) is 3.22. The molecule has 0 atom stereocenters. The number of aromatic nitrogens is 4. The summed E-state index contributed by atoms with van der Waals surface area (Å²) in [5.41, 5.74) is 1.02. The number of hydrogen-bond acceptors (Lipinski definition) is 3. The van der Waals surface area contributed by atoms with Crippen molar-refractivity contribution in [1.82, 2.24) is 19.4 Å². The van der Waals surface area contributed by atoms with Gasteiger partial charge in [-0.2, -0.15) is 5.10 Å². The third-order valence-electron chi connectivity index (χ3n) is 1.70. The summed E-state index contributed by atoms with van der Waals surface area (Å²) < 4.78 is 1.97. The lowest BCUT2D eigenvalue weighted by molar-refractivity contribution is 0.741. The Bertz CT molecular complexity index is 398. The molecule has 0 radical (unpaired) electrons. The summed E-state index contributed by atoms with van der Waals surface area (Å²) in [5, 5.41) is 7.91. The molecule has 2 heterocycles. The van der Waals surface area contributed by atoms with Crippen molar-refractivity contribution >= 4 is 6.21 Å². The highest BCUT2D eigenvalue weighted by Gasteiger charge is 1.91. The van der Waals surface area contributed by atoms with Crippen molar-refractivity contribution in [3.63, 3.8) is 0 Å². The van der Waals surface area contributed by atoms with E-state index < -0.39 is 0 Å². The largest absolute Gasteiger partial charge is 0.350 e. The Balaban J connectivity index is 2.19.